The summed E-state index contributed by atoms with van der Waals surface area (Å²) in [5, 5.41) is 11.1. The van der Waals surface area contributed by atoms with Crippen molar-refractivity contribution in [1.29, 1.82) is 0 Å². The van der Waals surface area contributed by atoms with E-state index in [4.69, 9.17) is 0 Å². The van der Waals surface area contributed by atoms with Crippen LogP contribution in [0.5, 0.6) is 0 Å². The van der Waals surface area contributed by atoms with Crippen LogP contribution in [0.2, 0.25) is 0 Å². The fourth-order valence-corrected chi connectivity index (χ4v) is 3.85. The van der Waals surface area contributed by atoms with Crippen LogP contribution in [0.3, 0.4) is 0 Å². The van der Waals surface area contributed by atoms with Crippen LogP contribution in [-0.2, 0) is 6.54 Å². The molecule has 1 N–H and O–H groups in total. The molecular weight excluding hydrogens is 450 g/mol. The quantitative estimate of drug-likeness (QED) is 0.357. The molecular formula is C26H22F2N6O. The average molecular weight is 472 g/mol. The second-order valence-electron chi connectivity index (χ2n) is 8.33. The Morgan fingerprint density at radius 1 is 1.03 bits per heavy atom. The molecule has 0 aliphatic heterocycles. The van der Waals surface area contributed by atoms with E-state index in [-0.39, 0.29) is 16.9 Å². The zero-order chi connectivity index (χ0) is 24.5. The molecule has 0 aliphatic carbocycles. The number of carbonyl (C=O) groups excluding carboxylic acids is 1. The van der Waals surface area contributed by atoms with E-state index < -0.39 is 12.3 Å². The molecule has 35 heavy (non-hydrogen) atoms. The van der Waals surface area contributed by atoms with Gasteiger partial charge in [0.05, 0.1) is 30.3 Å². The lowest BCUT2D eigenvalue weighted by Crippen LogP contribution is -2.12. The van der Waals surface area contributed by atoms with Crippen molar-refractivity contribution in [3.05, 3.63) is 101 Å². The summed E-state index contributed by atoms with van der Waals surface area (Å²) in [6.45, 7) is 4.52. The third kappa shape index (κ3) is 4.52. The number of alkyl halides is 2. The maximum Gasteiger partial charge on any atom is 0.280 e. The monoisotopic (exact) mass is 472 g/mol. The van der Waals surface area contributed by atoms with E-state index in [2.05, 4.69) is 20.5 Å². The Balaban J connectivity index is 1.45. The Kier molecular flexibility index (Phi) is 5.82. The highest BCUT2D eigenvalue weighted by Crippen LogP contribution is 2.27. The molecule has 0 atom stereocenters. The number of fused-ring (bicyclic) bond motifs is 1. The molecule has 0 radical (unpaired) electrons. The number of aromatic nitrogens is 5. The highest BCUT2D eigenvalue weighted by atomic mass is 19.3. The van der Waals surface area contributed by atoms with E-state index in [1.54, 1.807) is 10.9 Å². The van der Waals surface area contributed by atoms with Crippen LogP contribution in [0.25, 0.3) is 16.9 Å². The van der Waals surface area contributed by atoms with E-state index in [1.165, 1.54) is 18.5 Å². The van der Waals surface area contributed by atoms with Crippen molar-refractivity contribution in [3.8, 4) is 11.3 Å². The first kappa shape index (κ1) is 22.4. The SMILES string of the molecule is Cc1ccc(-c2cc(C(F)F)n3ncc(C(=O)Nc4cnn(Cc5ccccc5C)c4)c3n2)cc1. The Bertz CT molecular complexity index is 1520. The van der Waals surface area contributed by atoms with Gasteiger partial charge in [-0.1, -0.05) is 54.1 Å². The number of hydrogen-bond acceptors (Lipinski definition) is 4. The van der Waals surface area contributed by atoms with Gasteiger partial charge in [0.25, 0.3) is 12.3 Å². The summed E-state index contributed by atoms with van der Waals surface area (Å²) in [5.74, 6) is -0.510. The summed E-state index contributed by atoms with van der Waals surface area (Å²) in [7, 11) is 0. The van der Waals surface area contributed by atoms with Crippen LogP contribution in [0.1, 0.15) is 39.2 Å². The van der Waals surface area contributed by atoms with Gasteiger partial charge in [0.15, 0.2) is 5.65 Å². The standard InChI is InChI=1S/C26H22F2N6O/c1-16-7-9-18(10-8-16)22-11-23(24(27)28)34-25(32-22)21(13-30-34)26(35)31-20-12-29-33(15-20)14-19-6-4-3-5-17(19)2/h3-13,15,24H,14H2,1-2H3,(H,31,35). The van der Waals surface area contributed by atoms with Crippen LogP contribution < -0.4 is 5.32 Å². The minimum Gasteiger partial charge on any atom is -0.319 e. The summed E-state index contributed by atoms with van der Waals surface area (Å²) < 4.78 is 30.4. The lowest BCUT2D eigenvalue weighted by atomic mass is 10.1. The number of benzene rings is 2. The number of aryl methyl sites for hydroxylation is 2. The average Bonchev–Trinajstić information content (AvgIpc) is 3.47. The van der Waals surface area contributed by atoms with Gasteiger partial charge in [-0.05, 0) is 31.0 Å². The molecule has 0 fully saturated rings. The highest BCUT2D eigenvalue weighted by Gasteiger charge is 2.22. The molecule has 3 aromatic heterocycles. The Morgan fingerprint density at radius 3 is 2.54 bits per heavy atom. The summed E-state index contributed by atoms with van der Waals surface area (Å²) >= 11 is 0. The fourth-order valence-electron chi connectivity index (χ4n) is 3.85. The van der Waals surface area contributed by atoms with E-state index in [0.29, 0.717) is 23.5 Å². The first-order valence-corrected chi connectivity index (χ1v) is 11.0. The van der Waals surface area contributed by atoms with Gasteiger partial charge in [-0.25, -0.2) is 18.3 Å². The zero-order valence-electron chi connectivity index (χ0n) is 19.1. The van der Waals surface area contributed by atoms with E-state index in [9.17, 15) is 13.6 Å². The zero-order valence-corrected chi connectivity index (χ0v) is 19.1. The van der Waals surface area contributed by atoms with Gasteiger partial charge in [0.2, 0.25) is 0 Å². The molecule has 7 nitrogen and oxygen atoms in total. The molecule has 0 spiro atoms. The van der Waals surface area contributed by atoms with Gasteiger partial charge in [0, 0.05) is 11.8 Å². The Labute approximate surface area is 200 Å². The van der Waals surface area contributed by atoms with Gasteiger partial charge >= 0.3 is 0 Å². The third-order valence-electron chi connectivity index (χ3n) is 5.80. The van der Waals surface area contributed by atoms with Gasteiger partial charge in [-0.2, -0.15) is 10.2 Å². The van der Waals surface area contributed by atoms with Crippen molar-refractivity contribution in [2.24, 2.45) is 0 Å². The number of nitrogens with one attached hydrogen (secondary N) is 1. The molecule has 5 aromatic rings. The summed E-state index contributed by atoms with van der Waals surface area (Å²) in [6, 6.07) is 16.7. The lowest BCUT2D eigenvalue weighted by Gasteiger charge is -2.09. The molecule has 2 aromatic carbocycles. The predicted molar refractivity (Wildman–Crippen MR) is 129 cm³/mol. The van der Waals surface area contributed by atoms with E-state index in [0.717, 1.165) is 21.2 Å². The second-order valence-corrected chi connectivity index (χ2v) is 8.33. The normalized spacial score (nSPS) is 11.3. The lowest BCUT2D eigenvalue weighted by molar-refractivity contribution is 0.102. The van der Waals surface area contributed by atoms with Crippen LogP contribution in [-0.4, -0.2) is 30.3 Å². The van der Waals surface area contributed by atoms with Gasteiger partial charge < -0.3 is 5.32 Å². The number of amides is 1. The van der Waals surface area contributed by atoms with Crippen LogP contribution >= 0.6 is 0 Å². The topological polar surface area (TPSA) is 77.1 Å². The maximum atomic E-state index is 13.8. The minimum atomic E-state index is -2.79. The highest BCUT2D eigenvalue weighted by molar-refractivity contribution is 6.08. The fraction of sp³-hybridized carbons (Fsp3) is 0.154. The summed E-state index contributed by atoms with van der Waals surface area (Å²) in [6.07, 6.45) is 1.71. The molecule has 176 valence electrons. The molecule has 0 saturated heterocycles. The van der Waals surface area contributed by atoms with Gasteiger partial charge in [-0.3, -0.25) is 9.48 Å². The summed E-state index contributed by atoms with van der Waals surface area (Å²) in [4.78, 5) is 17.6. The third-order valence-corrected chi connectivity index (χ3v) is 5.80. The number of hydrogen-bond donors (Lipinski definition) is 1. The van der Waals surface area contributed by atoms with Crippen molar-refractivity contribution < 1.29 is 13.6 Å². The molecule has 0 bridgehead atoms. The first-order valence-electron chi connectivity index (χ1n) is 11.0. The number of nitrogens with zero attached hydrogens (tertiary/aromatic N) is 5. The van der Waals surface area contributed by atoms with Crippen LogP contribution in [0, 0.1) is 13.8 Å². The smallest absolute Gasteiger partial charge is 0.280 e. The van der Waals surface area contributed by atoms with Crippen molar-refractivity contribution in [2.45, 2.75) is 26.8 Å². The molecule has 9 heteroatoms. The maximum absolute atomic E-state index is 13.8. The van der Waals surface area contributed by atoms with Crippen LogP contribution in [0.4, 0.5) is 14.5 Å². The van der Waals surface area contributed by atoms with Crippen molar-refractivity contribution in [2.75, 3.05) is 5.32 Å². The number of anilines is 1. The molecule has 0 saturated carbocycles. The van der Waals surface area contributed by atoms with Gasteiger partial charge in [-0.15, -0.1) is 0 Å². The second kappa shape index (κ2) is 9.09. The first-order chi connectivity index (χ1) is 16.9. The minimum absolute atomic E-state index is 0.0585. The Hall–Kier alpha value is -4.40. The largest absolute Gasteiger partial charge is 0.319 e. The van der Waals surface area contributed by atoms with E-state index >= 15 is 0 Å². The predicted octanol–water partition coefficient (Wildman–Crippen LogP) is 5.45. The molecule has 3 heterocycles. The molecule has 0 unspecified atom stereocenters. The van der Waals surface area contributed by atoms with E-state index in [1.807, 2.05) is 62.4 Å². The Morgan fingerprint density at radius 2 is 1.80 bits per heavy atom. The van der Waals surface area contributed by atoms with Crippen LogP contribution in [0.15, 0.2) is 73.2 Å². The molecule has 0 aliphatic rings. The number of halogens is 2. The van der Waals surface area contributed by atoms with Crippen molar-refractivity contribution in [1.82, 2.24) is 24.4 Å². The number of carbonyl (C=O) groups is 1. The van der Waals surface area contributed by atoms with Crippen molar-refractivity contribution in [3.63, 3.8) is 0 Å². The van der Waals surface area contributed by atoms with Gasteiger partial charge in [0.1, 0.15) is 11.3 Å². The summed E-state index contributed by atoms with van der Waals surface area (Å²) in [5.41, 5.74) is 4.60. The molecule has 5 rings (SSSR count). The van der Waals surface area contributed by atoms with Crippen molar-refractivity contribution >= 4 is 17.2 Å². The number of rotatable bonds is 6. The molecule has 1 amide bonds.